The molecular formula is C16H22N2O4. The molecule has 0 aliphatic carbocycles. The lowest BCUT2D eigenvalue weighted by atomic mass is 9.96. The van der Waals surface area contributed by atoms with Crippen LogP contribution in [0.15, 0.2) is 18.3 Å². The Kier molecular flexibility index (Phi) is 3.95. The fourth-order valence-corrected chi connectivity index (χ4v) is 3.36. The van der Waals surface area contributed by atoms with Crippen molar-refractivity contribution in [2.45, 2.75) is 45.0 Å². The summed E-state index contributed by atoms with van der Waals surface area (Å²) in [6.45, 7) is 4.79. The number of rotatable bonds is 4. The second-order valence-electron chi connectivity index (χ2n) is 6.02. The van der Waals surface area contributed by atoms with E-state index in [4.69, 9.17) is 9.47 Å². The number of aromatic nitrogens is 1. The van der Waals surface area contributed by atoms with E-state index in [1.807, 2.05) is 27.8 Å². The summed E-state index contributed by atoms with van der Waals surface area (Å²) in [4.78, 5) is 26.5. The number of fused-ring (bicyclic) bond motifs is 3. The molecule has 22 heavy (non-hydrogen) atoms. The zero-order valence-corrected chi connectivity index (χ0v) is 13.2. The molecular weight excluding hydrogens is 284 g/mol. The molecule has 0 bridgehead atoms. The molecule has 2 aliphatic heterocycles. The van der Waals surface area contributed by atoms with Gasteiger partial charge in [0.1, 0.15) is 6.04 Å². The van der Waals surface area contributed by atoms with Crippen molar-refractivity contribution in [1.29, 1.82) is 0 Å². The van der Waals surface area contributed by atoms with Crippen LogP contribution >= 0.6 is 0 Å². The Morgan fingerprint density at radius 2 is 2.32 bits per heavy atom. The average molecular weight is 306 g/mol. The van der Waals surface area contributed by atoms with Crippen LogP contribution in [0.1, 0.15) is 44.7 Å². The van der Waals surface area contributed by atoms with Gasteiger partial charge < -0.3 is 18.9 Å². The summed E-state index contributed by atoms with van der Waals surface area (Å²) < 4.78 is 12.5. The van der Waals surface area contributed by atoms with Crippen molar-refractivity contribution in [1.82, 2.24) is 9.47 Å². The van der Waals surface area contributed by atoms with Crippen molar-refractivity contribution in [3.8, 4) is 0 Å². The molecule has 1 unspecified atom stereocenters. The van der Waals surface area contributed by atoms with E-state index in [1.165, 1.54) is 7.11 Å². The third-order valence-corrected chi connectivity index (χ3v) is 4.86. The Hall–Kier alpha value is -1.82. The predicted molar refractivity (Wildman–Crippen MR) is 78.9 cm³/mol. The van der Waals surface area contributed by atoms with E-state index in [9.17, 15) is 9.59 Å². The van der Waals surface area contributed by atoms with Crippen LogP contribution in [0.2, 0.25) is 0 Å². The minimum absolute atomic E-state index is 0.0491. The van der Waals surface area contributed by atoms with Crippen LogP contribution < -0.4 is 0 Å². The highest BCUT2D eigenvalue weighted by Crippen LogP contribution is 2.41. The molecule has 1 aromatic rings. The van der Waals surface area contributed by atoms with E-state index >= 15 is 0 Å². The van der Waals surface area contributed by atoms with Crippen molar-refractivity contribution in [3.63, 3.8) is 0 Å². The number of carbonyl (C=O) groups excluding carboxylic acids is 2. The van der Waals surface area contributed by atoms with Crippen LogP contribution in [0.3, 0.4) is 0 Å². The summed E-state index contributed by atoms with van der Waals surface area (Å²) in [5, 5.41) is 0. The molecule has 0 spiro atoms. The molecule has 2 aliphatic rings. The van der Waals surface area contributed by atoms with Gasteiger partial charge in [0.25, 0.3) is 0 Å². The summed E-state index contributed by atoms with van der Waals surface area (Å²) in [6, 6.07) is 3.36. The third kappa shape index (κ3) is 2.22. The molecule has 120 valence electrons. The van der Waals surface area contributed by atoms with Crippen molar-refractivity contribution < 1.29 is 19.1 Å². The number of carbonyl (C=O) groups is 2. The second kappa shape index (κ2) is 5.76. The summed E-state index contributed by atoms with van der Waals surface area (Å²) in [7, 11) is 1.34. The Morgan fingerprint density at radius 1 is 1.55 bits per heavy atom. The molecule has 1 aromatic heterocycles. The number of esters is 1. The number of hydrogen-bond donors (Lipinski definition) is 0. The maximum absolute atomic E-state index is 13.0. The average Bonchev–Trinajstić information content (AvgIpc) is 3.16. The van der Waals surface area contributed by atoms with Gasteiger partial charge in [-0.1, -0.05) is 20.3 Å². The van der Waals surface area contributed by atoms with Gasteiger partial charge in [-0.15, -0.1) is 0 Å². The standard InChI is InChI=1S/C16H22N2O4/c1-4-10(2)13-9-22-16-11-6-5-7-17(11)12(8-14(19)21-3)15(20)18(13)16/h5-7,10,12-13,16H,4,8-9H2,1-3H3/t10-,12+,13-,16?/m1/s1. The number of amides is 1. The quantitative estimate of drug-likeness (QED) is 0.797. The molecule has 1 saturated heterocycles. The first-order chi connectivity index (χ1) is 10.6. The van der Waals surface area contributed by atoms with E-state index < -0.39 is 6.04 Å². The molecule has 4 atom stereocenters. The molecule has 6 nitrogen and oxygen atoms in total. The van der Waals surface area contributed by atoms with Crippen molar-refractivity contribution in [3.05, 3.63) is 24.0 Å². The predicted octanol–water partition coefficient (Wildman–Crippen LogP) is 1.88. The smallest absolute Gasteiger partial charge is 0.308 e. The highest BCUT2D eigenvalue weighted by molar-refractivity contribution is 5.87. The first-order valence-electron chi connectivity index (χ1n) is 7.75. The molecule has 1 fully saturated rings. The number of nitrogens with zero attached hydrogens (tertiary/aromatic N) is 2. The molecule has 1 amide bonds. The second-order valence-corrected chi connectivity index (χ2v) is 6.02. The maximum atomic E-state index is 13.0. The number of hydrogen-bond acceptors (Lipinski definition) is 4. The van der Waals surface area contributed by atoms with E-state index in [1.54, 1.807) is 0 Å². The zero-order valence-electron chi connectivity index (χ0n) is 13.2. The van der Waals surface area contributed by atoms with Crippen LogP contribution in [-0.2, 0) is 19.1 Å². The van der Waals surface area contributed by atoms with Gasteiger partial charge in [0.2, 0.25) is 5.91 Å². The number of ether oxygens (including phenoxy) is 2. The fourth-order valence-electron chi connectivity index (χ4n) is 3.36. The summed E-state index contributed by atoms with van der Waals surface area (Å²) in [5.41, 5.74) is 0.930. The van der Waals surface area contributed by atoms with Gasteiger partial charge in [-0.2, -0.15) is 0 Å². The lowest BCUT2D eigenvalue weighted by molar-refractivity contribution is -0.153. The Bertz CT molecular complexity index is 582. The van der Waals surface area contributed by atoms with E-state index in [2.05, 4.69) is 13.8 Å². The van der Waals surface area contributed by atoms with Gasteiger partial charge in [0, 0.05) is 6.20 Å². The molecule has 0 saturated carbocycles. The summed E-state index contributed by atoms with van der Waals surface area (Å²) in [6.07, 6.45) is 2.52. The normalized spacial score (nSPS) is 28.2. The molecule has 3 rings (SSSR count). The monoisotopic (exact) mass is 306 g/mol. The lowest BCUT2D eigenvalue weighted by Crippen LogP contribution is -2.49. The summed E-state index contributed by atoms with van der Waals surface area (Å²) >= 11 is 0. The summed E-state index contributed by atoms with van der Waals surface area (Å²) in [5.74, 6) is -0.0761. The largest absolute Gasteiger partial charge is 0.469 e. The molecule has 0 radical (unpaired) electrons. The van der Waals surface area contributed by atoms with E-state index in [0.717, 1.165) is 12.1 Å². The van der Waals surface area contributed by atoms with Gasteiger partial charge in [0.15, 0.2) is 6.23 Å². The highest BCUT2D eigenvalue weighted by atomic mass is 16.5. The van der Waals surface area contributed by atoms with Crippen LogP contribution in [-0.4, -0.2) is 41.1 Å². The van der Waals surface area contributed by atoms with Crippen molar-refractivity contribution in [2.24, 2.45) is 5.92 Å². The highest BCUT2D eigenvalue weighted by Gasteiger charge is 2.48. The molecule has 6 heteroatoms. The minimum atomic E-state index is -0.540. The van der Waals surface area contributed by atoms with Crippen LogP contribution in [0.25, 0.3) is 0 Å². The lowest BCUT2D eigenvalue weighted by Gasteiger charge is -2.39. The minimum Gasteiger partial charge on any atom is -0.469 e. The van der Waals surface area contributed by atoms with E-state index in [-0.39, 0.29) is 30.6 Å². The molecule has 0 N–H and O–H groups in total. The SMILES string of the molecule is CC[C@@H](C)[C@H]1COC2c3cccn3[C@@H](CC(=O)OC)C(=O)N21. The third-order valence-electron chi connectivity index (χ3n) is 4.86. The first-order valence-corrected chi connectivity index (χ1v) is 7.75. The Labute approximate surface area is 130 Å². The van der Waals surface area contributed by atoms with Gasteiger partial charge in [0.05, 0.1) is 31.9 Å². The molecule has 0 aromatic carbocycles. The Balaban J connectivity index is 1.96. The number of methoxy groups -OCH3 is 1. The van der Waals surface area contributed by atoms with Crippen LogP contribution in [0.5, 0.6) is 0 Å². The van der Waals surface area contributed by atoms with Gasteiger partial charge in [-0.25, -0.2) is 0 Å². The van der Waals surface area contributed by atoms with Crippen molar-refractivity contribution in [2.75, 3.05) is 13.7 Å². The molecule has 3 heterocycles. The maximum Gasteiger partial charge on any atom is 0.308 e. The first kappa shape index (κ1) is 15.1. The van der Waals surface area contributed by atoms with Crippen LogP contribution in [0.4, 0.5) is 0 Å². The Morgan fingerprint density at radius 3 is 3.00 bits per heavy atom. The zero-order chi connectivity index (χ0) is 15.9. The van der Waals surface area contributed by atoms with E-state index in [0.29, 0.717) is 12.5 Å². The topological polar surface area (TPSA) is 60.8 Å². The van der Waals surface area contributed by atoms with Gasteiger partial charge >= 0.3 is 5.97 Å². The van der Waals surface area contributed by atoms with Gasteiger partial charge in [-0.3, -0.25) is 9.59 Å². The van der Waals surface area contributed by atoms with Crippen molar-refractivity contribution >= 4 is 11.9 Å². The van der Waals surface area contributed by atoms with Crippen LogP contribution in [0, 0.1) is 5.92 Å². The fraction of sp³-hybridized carbons (Fsp3) is 0.625. The van der Waals surface area contributed by atoms with Gasteiger partial charge in [-0.05, 0) is 18.1 Å².